The Kier molecular flexibility index (Phi) is 9.47. The summed E-state index contributed by atoms with van der Waals surface area (Å²) in [6.45, 7) is 2.54. The molecule has 0 aromatic carbocycles. The van der Waals surface area contributed by atoms with Crippen molar-refractivity contribution in [2.24, 2.45) is 0 Å². The lowest BCUT2D eigenvalue weighted by atomic mass is 10.2. The first-order chi connectivity index (χ1) is 8.60. The van der Waals surface area contributed by atoms with E-state index < -0.39 is 5.97 Å². The van der Waals surface area contributed by atoms with Gasteiger partial charge in [-0.2, -0.15) is 0 Å². The van der Waals surface area contributed by atoms with Gasteiger partial charge in [-0.25, -0.2) is 4.79 Å². The molecule has 2 amide bonds. The Labute approximate surface area is 108 Å². The second kappa shape index (κ2) is 10.5. The van der Waals surface area contributed by atoms with Gasteiger partial charge < -0.3 is 15.7 Å². The normalized spacial score (nSPS) is 11.3. The molecule has 0 heterocycles. The van der Waals surface area contributed by atoms with Crippen LogP contribution >= 0.6 is 0 Å². The summed E-state index contributed by atoms with van der Waals surface area (Å²) < 4.78 is 0. The molecule has 5 nitrogen and oxygen atoms in total. The van der Waals surface area contributed by atoms with E-state index in [4.69, 9.17) is 11.5 Å². The third-order valence-corrected chi connectivity index (χ3v) is 2.44. The van der Waals surface area contributed by atoms with E-state index in [-0.39, 0.29) is 18.5 Å². The fourth-order valence-corrected chi connectivity index (χ4v) is 1.48. The number of urea groups is 1. The Morgan fingerprint density at radius 2 is 2.06 bits per heavy atom. The molecule has 102 valence electrons. The van der Waals surface area contributed by atoms with Crippen LogP contribution in [-0.2, 0) is 4.79 Å². The number of rotatable bonds is 9. The van der Waals surface area contributed by atoms with Crippen molar-refractivity contribution in [2.45, 2.75) is 51.5 Å². The Hall–Kier alpha value is -1.70. The van der Waals surface area contributed by atoms with Crippen molar-refractivity contribution in [1.29, 1.82) is 0 Å². The predicted octanol–water partition coefficient (Wildman–Crippen LogP) is 1.73. The van der Waals surface area contributed by atoms with Crippen molar-refractivity contribution in [3.63, 3.8) is 0 Å². The molecule has 0 bridgehead atoms. The maximum absolute atomic E-state index is 11.4. The van der Waals surface area contributed by atoms with E-state index in [0.29, 0.717) is 13.0 Å². The van der Waals surface area contributed by atoms with Crippen LogP contribution < -0.4 is 10.6 Å². The molecule has 0 aliphatic carbocycles. The lowest BCUT2D eigenvalue weighted by Crippen LogP contribution is -2.41. The van der Waals surface area contributed by atoms with Crippen LogP contribution in [0.2, 0.25) is 0 Å². The van der Waals surface area contributed by atoms with Crippen molar-refractivity contribution in [1.82, 2.24) is 10.6 Å². The lowest BCUT2D eigenvalue weighted by Gasteiger charge is -2.12. The molecular weight excluding hydrogens is 232 g/mol. The molecule has 3 N–H and O–H groups in total. The number of carbonyl (C=O) groups is 2. The molecule has 5 heteroatoms. The van der Waals surface area contributed by atoms with Gasteiger partial charge >= 0.3 is 12.0 Å². The molecule has 1 atom stereocenters. The summed E-state index contributed by atoms with van der Waals surface area (Å²) in [6.07, 6.45) is 9.36. The van der Waals surface area contributed by atoms with Gasteiger partial charge in [-0.1, -0.05) is 25.7 Å². The highest BCUT2D eigenvalue weighted by atomic mass is 16.4. The van der Waals surface area contributed by atoms with Crippen LogP contribution in [0, 0.1) is 12.3 Å². The monoisotopic (exact) mass is 254 g/mol. The van der Waals surface area contributed by atoms with Gasteiger partial charge in [0.1, 0.15) is 0 Å². The van der Waals surface area contributed by atoms with Gasteiger partial charge in [0.25, 0.3) is 0 Å². The molecule has 0 saturated heterocycles. The highest BCUT2D eigenvalue weighted by Crippen LogP contribution is 1.98. The number of carbonyl (C=O) groups excluding carboxylic acids is 1. The third kappa shape index (κ3) is 9.52. The Balaban J connectivity index is 3.53. The van der Waals surface area contributed by atoms with Crippen LogP contribution in [0.5, 0.6) is 0 Å². The number of hydrogen-bond acceptors (Lipinski definition) is 2. The van der Waals surface area contributed by atoms with E-state index in [9.17, 15) is 9.59 Å². The number of amides is 2. The summed E-state index contributed by atoms with van der Waals surface area (Å²) in [7, 11) is 0. The fraction of sp³-hybridized carbons (Fsp3) is 0.692. The van der Waals surface area contributed by atoms with Crippen molar-refractivity contribution in [3.8, 4) is 12.3 Å². The van der Waals surface area contributed by atoms with Gasteiger partial charge in [0.15, 0.2) is 0 Å². The maximum atomic E-state index is 11.4. The molecular formula is C13H22N2O3. The molecule has 0 saturated carbocycles. The summed E-state index contributed by atoms with van der Waals surface area (Å²) in [5.41, 5.74) is 0. The number of unbranched alkanes of at least 4 members (excludes halogenated alkanes) is 2. The van der Waals surface area contributed by atoms with Crippen molar-refractivity contribution in [2.75, 3.05) is 6.54 Å². The van der Waals surface area contributed by atoms with Crippen LogP contribution in [0.4, 0.5) is 4.79 Å². The summed E-state index contributed by atoms with van der Waals surface area (Å²) >= 11 is 0. The summed E-state index contributed by atoms with van der Waals surface area (Å²) in [5, 5.41) is 13.8. The maximum Gasteiger partial charge on any atom is 0.315 e. The lowest BCUT2D eigenvalue weighted by molar-refractivity contribution is -0.137. The molecule has 0 spiro atoms. The fourth-order valence-electron chi connectivity index (χ4n) is 1.48. The first-order valence-corrected chi connectivity index (χ1v) is 6.32. The Morgan fingerprint density at radius 3 is 2.61 bits per heavy atom. The van der Waals surface area contributed by atoms with Gasteiger partial charge in [-0.3, -0.25) is 4.79 Å². The first-order valence-electron chi connectivity index (χ1n) is 6.32. The van der Waals surface area contributed by atoms with E-state index in [0.717, 1.165) is 25.7 Å². The van der Waals surface area contributed by atoms with Gasteiger partial charge in [0.05, 0.1) is 6.04 Å². The van der Waals surface area contributed by atoms with Gasteiger partial charge in [-0.15, -0.1) is 6.42 Å². The zero-order valence-corrected chi connectivity index (χ0v) is 10.9. The Morgan fingerprint density at radius 1 is 1.33 bits per heavy atom. The molecule has 0 aromatic heterocycles. The molecule has 0 aliphatic rings. The molecule has 0 radical (unpaired) electrons. The first kappa shape index (κ1) is 16.3. The van der Waals surface area contributed by atoms with E-state index in [1.807, 2.05) is 6.92 Å². The minimum absolute atomic E-state index is 0.182. The highest BCUT2D eigenvalue weighted by Gasteiger charge is 2.07. The molecule has 0 fully saturated rings. The van der Waals surface area contributed by atoms with Gasteiger partial charge in [0.2, 0.25) is 0 Å². The van der Waals surface area contributed by atoms with E-state index in [1.165, 1.54) is 0 Å². The number of terminal acetylenes is 1. The minimum atomic E-state index is -0.780. The number of carboxylic acid groups (broad SMARTS) is 1. The molecule has 0 rings (SSSR count). The number of aliphatic carboxylic acids is 1. The summed E-state index contributed by atoms with van der Waals surface area (Å²) in [6, 6.07) is -0.480. The zero-order chi connectivity index (χ0) is 13.8. The van der Waals surface area contributed by atoms with E-state index >= 15 is 0 Å². The summed E-state index contributed by atoms with van der Waals surface area (Å²) in [4.78, 5) is 21.7. The number of hydrogen-bond donors (Lipinski definition) is 3. The summed E-state index contributed by atoms with van der Waals surface area (Å²) in [5.74, 6) is 1.74. The van der Waals surface area contributed by atoms with Gasteiger partial charge in [0, 0.05) is 13.0 Å². The molecule has 1 unspecified atom stereocenters. The van der Waals surface area contributed by atoms with Crippen LogP contribution in [-0.4, -0.2) is 29.7 Å². The number of nitrogens with one attached hydrogen (secondary N) is 2. The van der Waals surface area contributed by atoms with Crippen LogP contribution in [0.1, 0.15) is 45.4 Å². The average Bonchev–Trinajstić information content (AvgIpc) is 2.32. The van der Waals surface area contributed by atoms with Crippen LogP contribution in [0.25, 0.3) is 0 Å². The molecule has 0 aliphatic heterocycles. The quantitative estimate of drug-likeness (QED) is 0.433. The van der Waals surface area contributed by atoms with E-state index in [1.54, 1.807) is 0 Å². The molecule has 18 heavy (non-hydrogen) atoms. The second-order valence-electron chi connectivity index (χ2n) is 4.11. The second-order valence-corrected chi connectivity index (χ2v) is 4.11. The topological polar surface area (TPSA) is 78.4 Å². The van der Waals surface area contributed by atoms with Crippen LogP contribution in [0.3, 0.4) is 0 Å². The zero-order valence-electron chi connectivity index (χ0n) is 10.9. The standard InChI is InChI=1S/C13H22N2O3/c1-3-8-11(4-2)15-13(18)14-10-7-5-6-9-12(16)17/h2,11H,3,5-10H2,1H3,(H,16,17)(H2,14,15,18). The molecule has 0 aromatic rings. The van der Waals surface area contributed by atoms with Crippen LogP contribution in [0.15, 0.2) is 0 Å². The smallest absolute Gasteiger partial charge is 0.315 e. The third-order valence-electron chi connectivity index (χ3n) is 2.44. The largest absolute Gasteiger partial charge is 0.481 e. The van der Waals surface area contributed by atoms with Crippen molar-refractivity contribution >= 4 is 12.0 Å². The SMILES string of the molecule is C#CC(CCC)NC(=O)NCCCCCC(=O)O. The average molecular weight is 254 g/mol. The van der Waals surface area contributed by atoms with Crippen molar-refractivity contribution < 1.29 is 14.7 Å². The minimum Gasteiger partial charge on any atom is -0.481 e. The predicted molar refractivity (Wildman–Crippen MR) is 70.2 cm³/mol. The highest BCUT2D eigenvalue weighted by molar-refractivity contribution is 5.74. The number of carboxylic acids is 1. The van der Waals surface area contributed by atoms with Gasteiger partial charge in [-0.05, 0) is 19.3 Å². The van der Waals surface area contributed by atoms with Crippen molar-refractivity contribution in [3.05, 3.63) is 0 Å². The van der Waals surface area contributed by atoms with E-state index in [2.05, 4.69) is 16.6 Å². The Bertz CT molecular complexity index is 297.